The van der Waals surface area contributed by atoms with E-state index in [1.165, 1.54) is 0 Å². The molecule has 2 atom stereocenters. The van der Waals surface area contributed by atoms with Gasteiger partial charge in [0.25, 0.3) is 0 Å². The van der Waals surface area contributed by atoms with Crippen LogP contribution in [0, 0.1) is 0 Å². The molecule has 2 rings (SSSR count). The number of nitrogens with two attached hydrogens (primary N) is 1. The quantitative estimate of drug-likeness (QED) is 0.922. The zero-order valence-corrected chi connectivity index (χ0v) is 12.5. The number of likely N-dealkylation sites (tertiary alicyclic amines) is 1. The summed E-state index contributed by atoms with van der Waals surface area (Å²) >= 11 is 0. The highest BCUT2D eigenvalue weighted by Crippen LogP contribution is 2.30. The molecule has 4 heteroatoms. The number of hydrogen-bond donors (Lipinski definition) is 1. The largest absolute Gasteiger partial charge is 0.491 e. The molecule has 2 N–H and O–H groups in total. The lowest BCUT2D eigenvalue weighted by molar-refractivity contribution is -0.131. The first-order valence-corrected chi connectivity index (χ1v) is 7.27. The summed E-state index contributed by atoms with van der Waals surface area (Å²) in [5, 5.41) is 0. The highest BCUT2D eigenvalue weighted by Gasteiger charge is 2.30. The molecule has 1 saturated heterocycles. The van der Waals surface area contributed by atoms with Crippen LogP contribution in [0.15, 0.2) is 24.3 Å². The number of hydrogen-bond acceptors (Lipinski definition) is 3. The van der Waals surface area contributed by atoms with Gasteiger partial charge in [0.2, 0.25) is 5.91 Å². The Bertz CT molecular complexity index is 456. The summed E-state index contributed by atoms with van der Waals surface area (Å²) in [6.07, 6.45) is 2.50. The van der Waals surface area contributed by atoms with Crippen LogP contribution in [0.25, 0.3) is 0 Å². The summed E-state index contributed by atoms with van der Waals surface area (Å²) in [4.78, 5) is 13.8. The highest BCUT2D eigenvalue weighted by molar-refractivity contribution is 5.76. The van der Waals surface area contributed by atoms with Gasteiger partial charge in [0.1, 0.15) is 5.75 Å². The van der Waals surface area contributed by atoms with E-state index in [9.17, 15) is 4.79 Å². The topological polar surface area (TPSA) is 55.6 Å². The van der Waals surface area contributed by atoms with Crippen LogP contribution in [0.1, 0.15) is 44.7 Å². The number of amides is 1. The van der Waals surface area contributed by atoms with Crippen molar-refractivity contribution in [1.29, 1.82) is 0 Å². The van der Waals surface area contributed by atoms with Gasteiger partial charge in [-0.3, -0.25) is 4.79 Å². The first kappa shape index (κ1) is 14.9. The monoisotopic (exact) mass is 276 g/mol. The Kier molecular flexibility index (Phi) is 4.65. The second-order valence-corrected chi connectivity index (χ2v) is 5.74. The average Bonchev–Trinajstić information content (AvgIpc) is 2.51. The van der Waals surface area contributed by atoms with Gasteiger partial charge in [0, 0.05) is 19.5 Å². The highest BCUT2D eigenvalue weighted by atomic mass is 16.5. The maximum atomic E-state index is 12.0. The van der Waals surface area contributed by atoms with E-state index < -0.39 is 0 Å². The Balaban J connectivity index is 2.21. The minimum atomic E-state index is -0.0434. The molecule has 20 heavy (non-hydrogen) atoms. The third-order valence-corrected chi connectivity index (χ3v) is 3.74. The number of carbonyl (C=O) groups excluding carboxylic acids is 1. The van der Waals surface area contributed by atoms with Crippen molar-refractivity contribution >= 4 is 5.91 Å². The van der Waals surface area contributed by atoms with E-state index in [1.54, 1.807) is 4.90 Å². The standard InChI is InChI=1S/C16H24N2O2/c1-11(2)20-13-9-7-12(8-10-13)16-14(17)5-4-6-15(19)18(16)3/h7-11,14,16H,4-6,17H2,1-3H3. The van der Waals surface area contributed by atoms with Crippen LogP contribution in [-0.4, -0.2) is 30.0 Å². The van der Waals surface area contributed by atoms with Crippen molar-refractivity contribution in [2.24, 2.45) is 5.73 Å². The molecule has 0 radical (unpaired) electrons. The Morgan fingerprint density at radius 1 is 1.30 bits per heavy atom. The molecule has 1 heterocycles. The van der Waals surface area contributed by atoms with Gasteiger partial charge in [0.05, 0.1) is 12.1 Å². The first-order chi connectivity index (χ1) is 9.49. The second kappa shape index (κ2) is 6.27. The van der Waals surface area contributed by atoms with Gasteiger partial charge in [-0.25, -0.2) is 0 Å². The van der Waals surface area contributed by atoms with Crippen LogP contribution in [0.5, 0.6) is 5.75 Å². The van der Waals surface area contributed by atoms with Crippen LogP contribution in [0.3, 0.4) is 0 Å². The van der Waals surface area contributed by atoms with E-state index in [0.717, 1.165) is 24.2 Å². The van der Waals surface area contributed by atoms with E-state index in [-0.39, 0.29) is 24.1 Å². The van der Waals surface area contributed by atoms with E-state index in [2.05, 4.69) is 0 Å². The molecule has 2 unspecified atom stereocenters. The summed E-state index contributed by atoms with van der Waals surface area (Å²) < 4.78 is 5.64. The van der Waals surface area contributed by atoms with E-state index >= 15 is 0 Å². The SMILES string of the molecule is CC(C)Oc1ccc(C2C(N)CCCC(=O)N2C)cc1. The van der Waals surface area contributed by atoms with Gasteiger partial charge >= 0.3 is 0 Å². The molecule has 1 amide bonds. The maximum Gasteiger partial charge on any atom is 0.222 e. The minimum absolute atomic E-state index is 0.0108. The Labute approximate surface area is 120 Å². The molecule has 4 nitrogen and oxygen atoms in total. The predicted molar refractivity (Wildman–Crippen MR) is 79.5 cm³/mol. The molecular formula is C16H24N2O2. The summed E-state index contributed by atoms with van der Waals surface area (Å²) in [6.45, 7) is 4.00. The lowest BCUT2D eigenvalue weighted by Gasteiger charge is -2.31. The van der Waals surface area contributed by atoms with Gasteiger partial charge in [-0.15, -0.1) is 0 Å². The second-order valence-electron chi connectivity index (χ2n) is 5.74. The van der Waals surface area contributed by atoms with Gasteiger partial charge in [-0.2, -0.15) is 0 Å². The number of ether oxygens (including phenoxy) is 1. The molecular weight excluding hydrogens is 252 g/mol. The fraction of sp³-hybridized carbons (Fsp3) is 0.562. The van der Waals surface area contributed by atoms with E-state index in [4.69, 9.17) is 10.5 Å². The molecule has 1 aromatic carbocycles. The zero-order valence-electron chi connectivity index (χ0n) is 12.5. The van der Waals surface area contributed by atoms with E-state index in [1.807, 2.05) is 45.2 Å². The molecule has 0 spiro atoms. The maximum absolute atomic E-state index is 12.0. The lowest BCUT2D eigenvalue weighted by Crippen LogP contribution is -2.39. The molecule has 1 aromatic rings. The molecule has 0 bridgehead atoms. The first-order valence-electron chi connectivity index (χ1n) is 7.27. The van der Waals surface area contributed by atoms with Crippen molar-refractivity contribution in [3.8, 4) is 5.75 Å². The number of carbonyl (C=O) groups is 1. The van der Waals surface area contributed by atoms with Crippen molar-refractivity contribution in [3.63, 3.8) is 0 Å². The molecule has 1 aliphatic rings. The van der Waals surface area contributed by atoms with Gasteiger partial charge in [-0.1, -0.05) is 12.1 Å². The van der Waals surface area contributed by atoms with Crippen LogP contribution in [0.4, 0.5) is 0 Å². The molecule has 1 fully saturated rings. The van der Waals surface area contributed by atoms with Crippen molar-refractivity contribution in [3.05, 3.63) is 29.8 Å². The van der Waals surface area contributed by atoms with Crippen LogP contribution in [-0.2, 0) is 4.79 Å². The molecule has 1 aliphatic heterocycles. The smallest absolute Gasteiger partial charge is 0.222 e. The summed E-state index contributed by atoms with van der Waals surface area (Å²) in [7, 11) is 1.84. The number of benzene rings is 1. The van der Waals surface area contributed by atoms with Crippen LogP contribution >= 0.6 is 0 Å². The number of likely N-dealkylation sites (N-methyl/N-ethyl adjacent to an activating group) is 1. The van der Waals surface area contributed by atoms with E-state index in [0.29, 0.717) is 6.42 Å². The minimum Gasteiger partial charge on any atom is -0.491 e. The van der Waals surface area contributed by atoms with Crippen LogP contribution < -0.4 is 10.5 Å². The van der Waals surface area contributed by atoms with Crippen LogP contribution in [0.2, 0.25) is 0 Å². The summed E-state index contributed by atoms with van der Waals surface area (Å²) in [5.41, 5.74) is 7.33. The van der Waals surface area contributed by atoms with Crippen molar-refractivity contribution < 1.29 is 9.53 Å². The average molecular weight is 276 g/mol. The molecule has 0 saturated carbocycles. The summed E-state index contributed by atoms with van der Waals surface area (Å²) in [6, 6.07) is 7.87. The fourth-order valence-corrected chi connectivity index (χ4v) is 2.75. The van der Waals surface area contributed by atoms with Gasteiger partial charge in [-0.05, 0) is 44.4 Å². The Morgan fingerprint density at radius 3 is 2.55 bits per heavy atom. The molecule has 110 valence electrons. The van der Waals surface area contributed by atoms with Crippen molar-refractivity contribution in [2.75, 3.05) is 7.05 Å². The number of nitrogens with zero attached hydrogens (tertiary/aromatic N) is 1. The third-order valence-electron chi connectivity index (χ3n) is 3.74. The fourth-order valence-electron chi connectivity index (χ4n) is 2.75. The number of rotatable bonds is 3. The van der Waals surface area contributed by atoms with Crippen molar-refractivity contribution in [2.45, 2.75) is 51.3 Å². The molecule has 0 aliphatic carbocycles. The Hall–Kier alpha value is -1.55. The zero-order chi connectivity index (χ0) is 14.7. The predicted octanol–water partition coefficient (Wildman–Crippen LogP) is 2.48. The Morgan fingerprint density at radius 2 is 1.95 bits per heavy atom. The van der Waals surface area contributed by atoms with Gasteiger partial charge < -0.3 is 15.4 Å². The van der Waals surface area contributed by atoms with Crippen molar-refractivity contribution in [1.82, 2.24) is 4.90 Å². The lowest BCUT2D eigenvalue weighted by atomic mass is 9.96. The molecule has 0 aromatic heterocycles. The van der Waals surface area contributed by atoms with Gasteiger partial charge in [0.15, 0.2) is 0 Å². The summed E-state index contributed by atoms with van der Waals surface area (Å²) in [5.74, 6) is 1.02. The third kappa shape index (κ3) is 3.31. The normalized spacial score (nSPS) is 23.9.